The fraction of sp³-hybridized carbons (Fsp3) is 0.722. The molecule has 1 aromatic heterocycles. The van der Waals surface area contributed by atoms with Crippen molar-refractivity contribution in [2.45, 2.75) is 76.3 Å². The van der Waals surface area contributed by atoms with E-state index >= 15 is 0 Å². The number of amides is 1. The third kappa shape index (κ3) is 7.44. The van der Waals surface area contributed by atoms with E-state index in [1.54, 1.807) is 0 Å². The fourth-order valence-corrected chi connectivity index (χ4v) is 5.95. The average molecular weight is 588 g/mol. The number of aromatic nitrogens is 2. The van der Waals surface area contributed by atoms with Gasteiger partial charge in [-0.15, -0.1) is 0 Å². The molecule has 0 bridgehead atoms. The first-order valence-corrected chi connectivity index (χ1v) is 14.1. The highest BCUT2D eigenvalue weighted by Gasteiger charge is 2.46. The number of rotatable bonds is 9. The van der Waals surface area contributed by atoms with Crippen molar-refractivity contribution < 1.29 is 61.9 Å². The van der Waals surface area contributed by atoms with Crippen molar-refractivity contribution in [1.82, 2.24) is 14.9 Å². The van der Waals surface area contributed by atoms with E-state index < -0.39 is 88.5 Å². The van der Waals surface area contributed by atoms with Crippen molar-refractivity contribution in [1.29, 1.82) is 0 Å². The van der Waals surface area contributed by atoms with E-state index in [4.69, 9.17) is 9.47 Å². The Morgan fingerprint density at radius 1 is 1.26 bits per heavy atom. The lowest BCUT2D eigenvalue weighted by Gasteiger charge is -2.42. The van der Waals surface area contributed by atoms with E-state index in [1.165, 1.54) is 20.0 Å². The van der Waals surface area contributed by atoms with E-state index in [0.717, 1.165) is 11.5 Å². The third-order valence-corrected chi connectivity index (χ3v) is 8.28. The van der Waals surface area contributed by atoms with Crippen molar-refractivity contribution in [3.63, 3.8) is 0 Å². The molecule has 0 aliphatic carbocycles. The second-order valence-electron chi connectivity index (χ2n) is 8.73. The lowest BCUT2D eigenvalue weighted by Crippen LogP contribution is -2.63. The van der Waals surface area contributed by atoms with Gasteiger partial charge in [-0.25, -0.2) is 13.7 Å². The summed E-state index contributed by atoms with van der Waals surface area (Å²) in [5.41, 5.74) is -1.26. The average Bonchev–Trinajstić information content (AvgIpc) is 3.15. The summed E-state index contributed by atoms with van der Waals surface area (Å²) in [7, 11) is -11.2. The molecule has 3 rings (SSSR count). The standard InChI is InChI=1S/C18H29N3O15P2/c1-7-5-21(18(27)20-16(7)26)12-4-10(23)11(34-12)6-32-37(28,29)36-38(30,31)35-17-15(25)13(19-9(3)22)14(24)8(2)33-17/h5,8,10-15,17,23-25H,4,6H2,1-3H3,(H,19,22)(H,28,29)(H,30,31)(H,20,26,27)/p-1/t8?,10-,11-,12-,13+,14+,15?,17+/m1/s1. The summed E-state index contributed by atoms with van der Waals surface area (Å²) >= 11 is 0. The smallest absolute Gasteiger partial charge is 0.478 e. The van der Waals surface area contributed by atoms with Crippen molar-refractivity contribution >= 4 is 21.6 Å². The number of hydrogen-bond acceptors (Lipinski definition) is 14. The Morgan fingerprint density at radius 2 is 1.92 bits per heavy atom. The van der Waals surface area contributed by atoms with Crippen LogP contribution in [0.15, 0.2) is 15.8 Å². The van der Waals surface area contributed by atoms with E-state index in [-0.39, 0.29) is 12.0 Å². The van der Waals surface area contributed by atoms with Gasteiger partial charge >= 0.3 is 13.5 Å². The predicted molar refractivity (Wildman–Crippen MR) is 120 cm³/mol. The molecule has 216 valence electrons. The maximum absolute atomic E-state index is 12.3. The minimum Gasteiger partial charge on any atom is -0.756 e. The summed E-state index contributed by atoms with van der Waals surface area (Å²) in [6.45, 7) is 2.95. The molecular formula is C18H28N3O15P2-. The van der Waals surface area contributed by atoms with Crippen molar-refractivity contribution in [3.8, 4) is 0 Å². The first-order valence-electron chi connectivity index (χ1n) is 11.1. The van der Waals surface area contributed by atoms with Gasteiger partial charge in [0, 0.05) is 25.1 Å². The molecule has 10 atom stereocenters. The largest absolute Gasteiger partial charge is 0.756 e. The highest BCUT2D eigenvalue weighted by molar-refractivity contribution is 7.60. The highest BCUT2D eigenvalue weighted by Crippen LogP contribution is 2.59. The lowest BCUT2D eigenvalue weighted by atomic mass is 9.97. The fourth-order valence-electron chi connectivity index (χ4n) is 3.83. The molecule has 2 saturated heterocycles. The first-order chi connectivity index (χ1) is 17.5. The Labute approximate surface area is 214 Å². The van der Waals surface area contributed by atoms with Crippen LogP contribution in [0, 0.1) is 6.92 Å². The number of ether oxygens (including phenoxy) is 2. The van der Waals surface area contributed by atoms with Gasteiger partial charge in [0.05, 0.1) is 24.9 Å². The second-order valence-corrected chi connectivity index (χ2v) is 11.7. The van der Waals surface area contributed by atoms with Gasteiger partial charge < -0.3 is 39.9 Å². The minimum atomic E-state index is -5.73. The van der Waals surface area contributed by atoms with Crippen LogP contribution < -0.4 is 21.5 Å². The summed E-state index contributed by atoms with van der Waals surface area (Å²) in [5.74, 6) is -0.658. The van der Waals surface area contributed by atoms with Crippen LogP contribution in [0.1, 0.15) is 32.1 Å². The van der Waals surface area contributed by atoms with Gasteiger partial charge in [-0.2, -0.15) is 0 Å². The molecule has 18 nitrogen and oxygen atoms in total. The monoisotopic (exact) mass is 588 g/mol. The van der Waals surface area contributed by atoms with Crippen LogP contribution in [0.25, 0.3) is 0 Å². The number of H-pyrrole nitrogens is 1. The zero-order valence-corrected chi connectivity index (χ0v) is 22.0. The van der Waals surface area contributed by atoms with Gasteiger partial charge in [0.1, 0.15) is 24.5 Å². The Morgan fingerprint density at radius 3 is 2.55 bits per heavy atom. The molecule has 0 aromatic carbocycles. The predicted octanol–water partition coefficient (Wildman–Crippen LogP) is -2.92. The number of aliphatic hydroxyl groups is 3. The molecule has 4 unspecified atom stereocenters. The van der Waals surface area contributed by atoms with Crippen molar-refractivity contribution in [2.24, 2.45) is 0 Å². The van der Waals surface area contributed by atoms with Gasteiger partial charge in [0.25, 0.3) is 13.4 Å². The van der Waals surface area contributed by atoms with Gasteiger partial charge in [-0.1, -0.05) is 0 Å². The topological polar surface area (TPSA) is 268 Å². The second kappa shape index (κ2) is 11.8. The van der Waals surface area contributed by atoms with Gasteiger partial charge in [-0.3, -0.25) is 32.8 Å². The van der Waals surface area contributed by atoms with E-state index in [2.05, 4.69) is 23.7 Å². The molecule has 0 saturated carbocycles. The summed E-state index contributed by atoms with van der Waals surface area (Å²) in [5, 5.41) is 32.8. The number of carbonyl (C=O) groups excluding carboxylic acids is 1. The third-order valence-electron chi connectivity index (χ3n) is 5.71. The summed E-state index contributed by atoms with van der Waals surface area (Å²) in [4.78, 5) is 59.1. The molecule has 38 heavy (non-hydrogen) atoms. The highest BCUT2D eigenvalue weighted by atomic mass is 31.3. The van der Waals surface area contributed by atoms with Crippen LogP contribution >= 0.6 is 15.6 Å². The Kier molecular flexibility index (Phi) is 9.51. The van der Waals surface area contributed by atoms with E-state index in [0.29, 0.717) is 0 Å². The van der Waals surface area contributed by atoms with Gasteiger partial charge in [0.15, 0.2) is 6.29 Å². The van der Waals surface area contributed by atoms with Gasteiger partial charge in [0.2, 0.25) is 5.91 Å². The number of hydrogen-bond donors (Lipinski definition) is 6. The molecule has 20 heteroatoms. The molecule has 2 aliphatic rings. The molecule has 2 aliphatic heterocycles. The zero-order valence-electron chi connectivity index (χ0n) is 20.2. The Balaban J connectivity index is 1.60. The van der Waals surface area contributed by atoms with Gasteiger partial charge in [-0.05, 0) is 13.8 Å². The molecule has 6 N–H and O–H groups in total. The Bertz CT molecular complexity index is 1240. The maximum atomic E-state index is 12.3. The number of nitrogens with one attached hydrogen (secondary N) is 2. The van der Waals surface area contributed by atoms with Crippen LogP contribution in [0.4, 0.5) is 0 Å². The SMILES string of the molecule is CC(=O)N[C@@H]1C(O)[C@H](OP(=O)([O-])OP(=O)(O)OC[C@H]2O[C@@H](n3cc(C)c(=O)[nH]c3=O)C[C@H]2O)OC(C)[C@@H]1O. The number of phosphoric acid groups is 2. The van der Waals surface area contributed by atoms with Crippen LogP contribution in [0.3, 0.4) is 0 Å². The van der Waals surface area contributed by atoms with Crippen LogP contribution in [-0.2, 0) is 36.8 Å². The molecular weight excluding hydrogens is 560 g/mol. The summed E-state index contributed by atoms with van der Waals surface area (Å²) in [6, 6.07) is -1.40. The summed E-state index contributed by atoms with van der Waals surface area (Å²) < 4.78 is 49.3. The van der Waals surface area contributed by atoms with Crippen molar-refractivity contribution in [3.05, 3.63) is 32.6 Å². The number of carbonyl (C=O) groups is 1. The minimum absolute atomic E-state index is 0.171. The first kappa shape index (κ1) is 30.7. The molecule has 2 fully saturated rings. The molecule has 0 spiro atoms. The van der Waals surface area contributed by atoms with E-state index in [1.807, 2.05) is 0 Å². The van der Waals surface area contributed by atoms with Crippen LogP contribution in [-0.4, -0.2) is 85.1 Å². The summed E-state index contributed by atoms with van der Waals surface area (Å²) in [6.07, 6.45) is -9.20. The molecule has 3 heterocycles. The number of aryl methyl sites for hydroxylation is 1. The van der Waals surface area contributed by atoms with Crippen LogP contribution in [0.5, 0.6) is 0 Å². The van der Waals surface area contributed by atoms with Crippen molar-refractivity contribution in [2.75, 3.05) is 6.61 Å². The number of aromatic amines is 1. The van der Waals surface area contributed by atoms with E-state index in [9.17, 15) is 48.6 Å². The Hall–Kier alpha value is -1.79. The zero-order chi connectivity index (χ0) is 28.6. The molecule has 1 aromatic rings. The normalized spacial score (nSPS) is 34.8. The van der Waals surface area contributed by atoms with Crippen LogP contribution in [0.2, 0.25) is 0 Å². The molecule has 0 radical (unpaired) electrons. The quantitative estimate of drug-likeness (QED) is 0.158. The number of phosphoric ester groups is 2. The number of nitrogens with zero attached hydrogens (tertiary/aromatic N) is 1. The molecule has 1 amide bonds. The lowest BCUT2D eigenvalue weighted by molar-refractivity contribution is -0.280. The maximum Gasteiger partial charge on any atom is 0.478 e. The number of aliphatic hydroxyl groups excluding tert-OH is 3.